The summed E-state index contributed by atoms with van der Waals surface area (Å²) in [5, 5.41) is 3.50. The molecule has 0 fully saturated rings. The quantitative estimate of drug-likeness (QED) is 0.797. The Morgan fingerprint density at radius 3 is 2.56 bits per heavy atom. The van der Waals surface area contributed by atoms with E-state index >= 15 is 0 Å². The van der Waals surface area contributed by atoms with E-state index in [1.807, 2.05) is 0 Å². The lowest BCUT2D eigenvalue weighted by Gasteiger charge is -2.16. The van der Waals surface area contributed by atoms with Gasteiger partial charge in [-0.15, -0.1) is 0 Å². The number of hydrogen-bond donors (Lipinski definition) is 1. The molecule has 90 valence electrons. The zero-order chi connectivity index (χ0) is 12.0. The second-order valence-corrected chi connectivity index (χ2v) is 4.17. The molecule has 1 N–H and O–H groups in total. The Balaban J connectivity index is 2.69. The summed E-state index contributed by atoms with van der Waals surface area (Å²) in [6.45, 7) is 7.51. The van der Waals surface area contributed by atoms with E-state index in [-0.39, 0.29) is 0 Å². The Morgan fingerprint density at radius 2 is 2.06 bits per heavy atom. The summed E-state index contributed by atoms with van der Waals surface area (Å²) < 4.78 is 5.26. The first-order valence-corrected chi connectivity index (χ1v) is 6.08. The molecule has 2 nitrogen and oxygen atoms in total. The number of nitrogens with one attached hydrogen (secondary N) is 1. The van der Waals surface area contributed by atoms with Crippen molar-refractivity contribution in [2.45, 2.75) is 39.7 Å². The zero-order valence-corrected chi connectivity index (χ0v) is 10.8. The standard InChI is InChI=1S/C14H23NO/c1-5-13(15-6-2)10-12-7-8-14(16-4)11(3)9-12/h7-9,13,15H,5-6,10H2,1-4H3. The SMILES string of the molecule is CCNC(CC)Cc1ccc(OC)c(C)c1. The first-order chi connectivity index (χ1) is 7.71. The monoisotopic (exact) mass is 221 g/mol. The van der Waals surface area contributed by atoms with Crippen molar-refractivity contribution < 1.29 is 4.74 Å². The lowest BCUT2D eigenvalue weighted by atomic mass is 10.0. The lowest BCUT2D eigenvalue weighted by Crippen LogP contribution is -2.30. The number of likely N-dealkylation sites (N-methyl/N-ethyl adjacent to an activating group) is 1. The molecule has 0 aliphatic rings. The highest BCUT2D eigenvalue weighted by molar-refractivity contribution is 5.36. The third-order valence-electron chi connectivity index (χ3n) is 2.93. The van der Waals surface area contributed by atoms with Crippen LogP contribution >= 0.6 is 0 Å². The summed E-state index contributed by atoms with van der Waals surface area (Å²) in [6, 6.07) is 7.02. The van der Waals surface area contributed by atoms with Crippen molar-refractivity contribution in [2.75, 3.05) is 13.7 Å². The molecule has 0 amide bonds. The highest BCUT2D eigenvalue weighted by atomic mass is 16.5. The Hall–Kier alpha value is -1.02. The summed E-state index contributed by atoms with van der Waals surface area (Å²) in [4.78, 5) is 0. The van der Waals surface area contributed by atoms with E-state index in [1.54, 1.807) is 7.11 Å². The smallest absolute Gasteiger partial charge is 0.121 e. The van der Waals surface area contributed by atoms with Crippen LogP contribution in [0, 0.1) is 6.92 Å². The topological polar surface area (TPSA) is 21.3 Å². The fourth-order valence-corrected chi connectivity index (χ4v) is 2.00. The van der Waals surface area contributed by atoms with Crippen molar-refractivity contribution in [3.05, 3.63) is 29.3 Å². The van der Waals surface area contributed by atoms with Crippen LogP contribution < -0.4 is 10.1 Å². The second kappa shape index (κ2) is 6.54. The molecule has 0 aliphatic heterocycles. The number of methoxy groups -OCH3 is 1. The van der Waals surface area contributed by atoms with Gasteiger partial charge in [0.1, 0.15) is 5.75 Å². The van der Waals surface area contributed by atoms with Gasteiger partial charge in [0.2, 0.25) is 0 Å². The van der Waals surface area contributed by atoms with Gasteiger partial charge >= 0.3 is 0 Å². The van der Waals surface area contributed by atoms with E-state index < -0.39 is 0 Å². The van der Waals surface area contributed by atoms with Crippen LogP contribution in [0.1, 0.15) is 31.4 Å². The third kappa shape index (κ3) is 3.53. The normalized spacial score (nSPS) is 12.5. The van der Waals surface area contributed by atoms with Crippen LogP contribution in [0.5, 0.6) is 5.75 Å². The van der Waals surface area contributed by atoms with Crippen LogP contribution in [0.3, 0.4) is 0 Å². The van der Waals surface area contributed by atoms with Crippen molar-refractivity contribution in [2.24, 2.45) is 0 Å². The second-order valence-electron chi connectivity index (χ2n) is 4.17. The van der Waals surface area contributed by atoms with Gasteiger partial charge in [0.25, 0.3) is 0 Å². The maximum absolute atomic E-state index is 5.26. The van der Waals surface area contributed by atoms with Crippen molar-refractivity contribution in [1.82, 2.24) is 5.32 Å². The van der Waals surface area contributed by atoms with Crippen LogP contribution in [-0.4, -0.2) is 19.7 Å². The van der Waals surface area contributed by atoms with Gasteiger partial charge in [-0.25, -0.2) is 0 Å². The molecule has 0 saturated heterocycles. The van der Waals surface area contributed by atoms with Crippen LogP contribution in [0.15, 0.2) is 18.2 Å². The average Bonchev–Trinajstić information content (AvgIpc) is 2.28. The number of hydrogen-bond acceptors (Lipinski definition) is 2. The van der Waals surface area contributed by atoms with Crippen LogP contribution in [-0.2, 0) is 6.42 Å². The molecule has 0 aliphatic carbocycles. The van der Waals surface area contributed by atoms with Crippen molar-refractivity contribution >= 4 is 0 Å². The molecule has 1 atom stereocenters. The predicted octanol–water partition coefficient (Wildman–Crippen LogP) is 2.93. The number of ether oxygens (including phenoxy) is 1. The lowest BCUT2D eigenvalue weighted by molar-refractivity contribution is 0.411. The van der Waals surface area contributed by atoms with E-state index in [0.29, 0.717) is 6.04 Å². The maximum atomic E-state index is 5.26. The number of aryl methyl sites for hydroxylation is 1. The van der Waals surface area contributed by atoms with Crippen LogP contribution in [0.4, 0.5) is 0 Å². The summed E-state index contributed by atoms with van der Waals surface area (Å²) in [7, 11) is 1.72. The van der Waals surface area contributed by atoms with Gasteiger partial charge in [0.05, 0.1) is 7.11 Å². The third-order valence-corrected chi connectivity index (χ3v) is 2.93. The summed E-state index contributed by atoms with van der Waals surface area (Å²) in [5.74, 6) is 0.972. The van der Waals surface area contributed by atoms with Gasteiger partial charge in [0.15, 0.2) is 0 Å². The fraction of sp³-hybridized carbons (Fsp3) is 0.571. The average molecular weight is 221 g/mol. The van der Waals surface area contributed by atoms with Crippen molar-refractivity contribution in [3.63, 3.8) is 0 Å². The summed E-state index contributed by atoms with van der Waals surface area (Å²) in [6.07, 6.45) is 2.26. The molecule has 0 heterocycles. The van der Waals surface area contributed by atoms with Gasteiger partial charge in [-0.1, -0.05) is 26.0 Å². The van der Waals surface area contributed by atoms with Crippen molar-refractivity contribution in [3.8, 4) is 5.75 Å². The molecule has 0 aromatic heterocycles. The molecule has 1 unspecified atom stereocenters. The molecule has 0 radical (unpaired) electrons. The van der Waals surface area contributed by atoms with E-state index in [2.05, 4.69) is 44.3 Å². The van der Waals surface area contributed by atoms with Gasteiger partial charge < -0.3 is 10.1 Å². The first-order valence-electron chi connectivity index (χ1n) is 6.08. The van der Waals surface area contributed by atoms with Gasteiger partial charge in [0, 0.05) is 6.04 Å². The Morgan fingerprint density at radius 1 is 1.31 bits per heavy atom. The molecule has 1 rings (SSSR count). The maximum Gasteiger partial charge on any atom is 0.121 e. The molecule has 0 bridgehead atoms. The van der Waals surface area contributed by atoms with E-state index in [0.717, 1.165) is 18.7 Å². The highest BCUT2D eigenvalue weighted by Crippen LogP contribution is 2.19. The molecule has 0 spiro atoms. The Bertz CT molecular complexity index is 323. The van der Waals surface area contributed by atoms with E-state index in [1.165, 1.54) is 17.5 Å². The predicted molar refractivity (Wildman–Crippen MR) is 69.2 cm³/mol. The van der Waals surface area contributed by atoms with Crippen molar-refractivity contribution in [1.29, 1.82) is 0 Å². The number of rotatable bonds is 6. The van der Waals surface area contributed by atoms with E-state index in [4.69, 9.17) is 4.74 Å². The molecule has 16 heavy (non-hydrogen) atoms. The minimum atomic E-state index is 0.581. The van der Waals surface area contributed by atoms with Gasteiger partial charge in [-0.2, -0.15) is 0 Å². The summed E-state index contributed by atoms with van der Waals surface area (Å²) >= 11 is 0. The molecule has 1 aromatic carbocycles. The largest absolute Gasteiger partial charge is 0.496 e. The highest BCUT2D eigenvalue weighted by Gasteiger charge is 2.07. The molecule has 0 saturated carbocycles. The van der Waals surface area contributed by atoms with Gasteiger partial charge in [-0.3, -0.25) is 0 Å². The zero-order valence-electron chi connectivity index (χ0n) is 10.8. The van der Waals surface area contributed by atoms with Crippen LogP contribution in [0.2, 0.25) is 0 Å². The minimum Gasteiger partial charge on any atom is -0.496 e. The fourth-order valence-electron chi connectivity index (χ4n) is 2.00. The van der Waals surface area contributed by atoms with Gasteiger partial charge in [-0.05, 0) is 43.5 Å². The molecular formula is C14H23NO. The first kappa shape index (κ1) is 13.0. The number of benzene rings is 1. The summed E-state index contributed by atoms with van der Waals surface area (Å²) in [5.41, 5.74) is 2.59. The Labute approximate surface area is 99.0 Å². The van der Waals surface area contributed by atoms with Crippen LogP contribution in [0.25, 0.3) is 0 Å². The molecule has 2 heteroatoms. The minimum absolute atomic E-state index is 0.581. The Kier molecular flexibility index (Phi) is 5.33. The van der Waals surface area contributed by atoms with E-state index in [9.17, 15) is 0 Å². The molecular weight excluding hydrogens is 198 g/mol. The molecule has 1 aromatic rings.